The van der Waals surface area contributed by atoms with Gasteiger partial charge >= 0.3 is 0 Å². The van der Waals surface area contributed by atoms with E-state index in [2.05, 4.69) is 6.58 Å². The van der Waals surface area contributed by atoms with Crippen LogP contribution in [0.4, 0.5) is 0 Å². The van der Waals surface area contributed by atoms with Gasteiger partial charge in [0, 0.05) is 5.38 Å². The first kappa shape index (κ1) is 11.0. The smallest absolute Gasteiger partial charge is 0.0862 e. The molecule has 11 heavy (non-hydrogen) atoms. The number of allylic oxidation sites excluding steroid dienone is 1. The molecule has 0 amide bonds. The molecule has 0 aromatic carbocycles. The number of hydrogen-bond acceptors (Lipinski definition) is 0. The van der Waals surface area contributed by atoms with Gasteiger partial charge in [-0.25, -0.2) is 5.11 Å². The fraction of sp³-hybridized carbons (Fsp3) is 0.778. The zero-order valence-electron chi connectivity index (χ0n) is 7.22. The van der Waals surface area contributed by atoms with Crippen LogP contribution in [0.1, 0.15) is 20.3 Å². The van der Waals surface area contributed by atoms with Crippen LogP contribution in [0.15, 0.2) is 12.7 Å². The number of alkyl halides is 1. The Kier molecular flexibility index (Phi) is 5.61. The van der Waals surface area contributed by atoms with Crippen LogP contribution in [0.2, 0.25) is 0 Å². The maximum atomic E-state index is 10.5. The predicted octanol–water partition coefficient (Wildman–Crippen LogP) is 2.87. The van der Waals surface area contributed by atoms with Crippen LogP contribution in [0.25, 0.3) is 0 Å². The first-order chi connectivity index (χ1) is 5.13. The molecule has 0 aliphatic heterocycles. The van der Waals surface area contributed by atoms with Crippen LogP contribution in [0.3, 0.4) is 0 Å². The van der Waals surface area contributed by atoms with Crippen LogP contribution in [-0.4, -0.2) is 12.0 Å². The summed E-state index contributed by atoms with van der Waals surface area (Å²) in [5, 5.41) is 10.5. The van der Waals surface area contributed by atoms with E-state index in [1.54, 1.807) is 0 Å². The second-order valence-electron chi connectivity index (χ2n) is 3.09. The van der Waals surface area contributed by atoms with Gasteiger partial charge in [0.1, 0.15) is 0 Å². The standard InChI is InChI=1S/C9H16ClO/c1-4-5-7(2)9(10)8(3)6-11/h4,7-9H,1,5-6H2,2-3H3. The lowest BCUT2D eigenvalue weighted by atomic mass is 9.95. The van der Waals surface area contributed by atoms with Gasteiger partial charge in [0.25, 0.3) is 0 Å². The van der Waals surface area contributed by atoms with Crippen LogP contribution in [0, 0.1) is 11.8 Å². The molecule has 0 heterocycles. The Morgan fingerprint density at radius 2 is 2.00 bits per heavy atom. The van der Waals surface area contributed by atoms with E-state index >= 15 is 0 Å². The molecule has 0 rings (SSSR count). The van der Waals surface area contributed by atoms with Crippen molar-refractivity contribution in [3.05, 3.63) is 12.7 Å². The van der Waals surface area contributed by atoms with Gasteiger partial charge in [-0.05, 0) is 18.3 Å². The normalized spacial score (nSPS) is 18.9. The molecular formula is C9H16ClO. The van der Waals surface area contributed by atoms with E-state index in [4.69, 9.17) is 11.6 Å². The fourth-order valence-electron chi connectivity index (χ4n) is 1.05. The Bertz CT molecular complexity index is 114. The molecule has 0 spiro atoms. The van der Waals surface area contributed by atoms with Crippen LogP contribution in [0.5, 0.6) is 0 Å². The minimum atomic E-state index is -0.0876. The maximum absolute atomic E-state index is 10.5. The lowest BCUT2D eigenvalue weighted by Crippen LogP contribution is -2.21. The lowest BCUT2D eigenvalue weighted by Gasteiger charge is -2.20. The highest BCUT2D eigenvalue weighted by Crippen LogP contribution is 2.22. The molecule has 2 heteroatoms. The van der Waals surface area contributed by atoms with Gasteiger partial charge in [0.15, 0.2) is 0 Å². The minimum Gasteiger partial charge on any atom is -0.236 e. The zero-order valence-corrected chi connectivity index (χ0v) is 7.97. The fourth-order valence-corrected chi connectivity index (χ4v) is 1.22. The summed E-state index contributed by atoms with van der Waals surface area (Å²) in [6.45, 7) is 7.48. The predicted molar refractivity (Wildman–Crippen MR) is 48.3 cm³/mol. The SMILES string of the molecule is C=CCC(C)C(Cl)C(C)C[O]. The average Bonchev–Trinajstić information content (AvgIpc) is 2.02. The summed E-state index contributed by atoms with van der Waals surface area (Å²) in [6, 6.07) is 0. The van der Waals surface area contributed by atoms with E-state index < -0.39 is 0 Å². The first-order valence-electron chi connectivity index (χ1n) is 3.96. The molecule has 0 saturated carbocycles. The zero-order chi connectivity index (χ0) is 8.85. The van der Waals surface area contributed by atoms with Gasteiger partial charge < -0.3 is 0 Å². The van der Waals surface area contributed by atoms with E-state index in [0.29, 0.717) is 5.92 Å². The Balaban J connectivity index is 3.79. The molecule has 0 aromatic rings. The first-order valence-corrected chi connectivity index (χ1v) is 4.40. The highest BCUT2D eigenvalue weighted by Gasteiger charge is 2.19. The Hall–Kier alpha value is -0.0100. The molecule has 0 saturated heterocycles. The third-order valence-electron chi connectivity index (χ3n) is 1.89. The molecule has 0 aliphatic rings. The minimum absolute atomic E-state index is 0.00880. The molecule has 1 radical (unpaired) electrons. The van der Waals surface area contributed by atoms with E-state index in [0.717, 1.165) is 6.42 Å². The maximum Gasteiger partial charge on any atom is 0.0862 e. The van der Waals surface area contributed by atoms with Crippen LogP contribution in [-0.2, 0) is 5.11 Å². The van der Waals surface area contributed by atoms with E-state index in [9.17, 15) is 5.11 Å². The molecular weight excluding hydrogens is 160 g/mol. The Labute approximate surface area is 74.1 Å². The number of rotatable bonds is 5. The topological polar surface area (TPSA) is 19.9 Å². The van der Waals surface area contributed by atoms with Crippen molar-refractivity contribution >= 4 is 11.6 Å². The molecule has 0 aromatic heterocycles. The molecule has 0 bridgehead atoms. The van der Waals surface area contributed by atoms with Gasteiger partial charge in [-0.1, -0.05) is 19.9 Å². The summed E-state index contributed by atoms with van der Waals surface area (Å²) in [7, 11) is 0. The lowest BCUT2D eigenvalue weighted by molar-refractivity contribution is 0.141. The molecule has 0 fully saturated rings. The van der Waals surface area contributed by atoms with Crippen molar-refractivity contribution in [1.82, 2.24) is 0 Å². The summed E-state index contributed by atoms with van der Waals surface area (Å²) in [5.74, 6) is 0.421. The van der Waals surface area contributed by atoms with Crippen molar-refractivity contribution in [3.63, 3.8) is 0 Å². The van der Waals surface area contributed by atoms with Crippen LogP contribution >= 0.6 is 11.6 Å². The van der Waals surface area contributed by atoms with Crippen molar-refractivity contribution in [1.29, 1.82) is 0 Å². The van der Waals surface area contributed by atoms with Crippen molar-refractivity contribution < 1.29 is 5.11 Å². The van der Waals surface area contributed by atoms with Crippen molar-refractivity contribution in [3.8, 4) is 0 Å². The van der Waals surface area contributed by atoms with E-state index in [1.807, 2.05) is 19.9 Å². The third-order valence-corrected chi connectivity index (χ3v) is 2.75. The monoisotopic (exact) mass is 175 g/mol. The van der Waals surface area contributed by atoms with Gasteiger partial charge in [-0.3, -0.25) is 0 Å². The largest absolute Gasteiger partial charge is 0.236 e. The second-order valence-corrected chi connectivity index (χ2v) is 3.59. The van der Waals surface area contributed by atoms with Crippen LogP contribution < -0.4 is 0 Å². The summed E-state index contributed by atoms with van der Waals surface area (Å²) in [4.78, 5) is 0. The summed E-state index contributed by atoms with van der Waals surface area (Å²) in [6.07, 6.45) is 2.73. The molecule has 1 nitrogen and oxygen atoms in total. The molecule has 65 valence electrons. The van der Waals surface area contributed by atoms with Crippen molar-refractivity contribution in [2.45, 2.75) is 25.6 Å². The van der Waals surface area contributed by atoms with Crippen molar-refractivity contribution in [2.75, 3.05) is 6.61 Å². The highest BCUT2D eigenvalue weighted by molar-refractivity contribution is 6.20. The highest BCUT2D eigenvalue weighted by atomic mass is 35.5. The Morgan fingerprint density at radius 1 is 1.45 bits per heavy atom. The van der Waals surface area contributed by atoms with Gasteiger partial charge in [-0.2, -0.15) is 0 Å². The molecule has 0 N–H and O–H groups in total. The summed E-state index contributed by atoms with van der Waals surface area (Å²) in [5.41, 5.74) is 0. The van der Waals surface area contributed by atoms with Gasteiger partial charge in [0.2, 0.25) is 0 Å². The quantitative estimate of drug-likeness (QED) is 0.453. The van der Waals surface area contributed by atoms with E-state index in [1.165, 1.54) is 0 Å². The molecule has 3 unspecified atom stereocenters. The average molecular weight is 176 g/mol. The number of hydrogen-bond donors (Lipinski definition) is 0. The molecule has 0 aliphatic carbocycles. The van der Waals surface area contributed by atoms with Crippen molar-refractivity contribution in [2.24, 2.45) is 11.8 Å². The number of halogens is 1. The van der Waals surface area contributed by atoms with Gasteiger partial charge in [-0.15, -0.1) is 18.2 Å². The third kappa shape index (κ3) is 3.78. The Morgan fingerprint density at radius 3 is 2.36 bits per heavy atom. The van der Waals surface area contributed by atoms with E-state index in [-0.39, 0.29) is 17.9 Å². The summed E-state index contributed by atoms with van der Waals surface area (Å²) < 4.78 is 0. The summed E-state index contributed by atoms with van der Waals surface area (Å²) >= 11 is 6.01. The molecule has 3 atom stereocenters. The second kappa shape index (κ2) is 5.62. The van der Waals surface area contributed by atoms with Gasteiger partial charge in [0.05, 0.1) is 6.61 Å².